The molecule has 3 rings (SSSR count). The van der Waals surface area contributed by atoms with Gasteiger partial charge in [-0.05, 0) is 78.6 Å². The Bertz CT molecular complexity index is 1060. The first-order valence-electron chi connectivity index (χ1n) is 17.0. The average Bonchev–Trinajstić information content (AvgIpc) is 3.02. The van der Waals surface area contributed by atoms with Crippen molar-refractivity contribution >= 4 is 12.2 Å². The summed E-state index contributed by atoms with van der Waals surface area (Å²) in [5.41, 5.74) is 1.75. The van der Waals surface area contributed by atoms with Gasteiger partial charge in [0.2, 0.25) is 0 Å². The molecule has 8 unspecified atom stereocenters. The molecule has 8 heteroatoms. The second-order valence-corrected chi connectivity index (χ2v) is 14.6. The number of piperidine rings is 2. The molecule has 250 valence electrons. The van der Waals surface area contributed by atoms with Gasteiger partial charge in [0.25, 0.3) is 0 Å². The van der Waals surface area contributed by atoms with E-state index in [4.69, 9.17) is 9.47 Å². The second-order valence-electron chi connectivity index (χ2n) is 14.6. The molecule has 44 heavy (non-hydrogen) atoms. The Labute approximate surface area is 268 Å². The Morgan fingerprint density at radius 2 is 1.09 bits per heavy atom. The fraction of sp³-hybridized carbons (Fsp3) is 0.778. The smallest absolute Gasteiger partial charge is 0.407 e. The Hall–Kier alpha value is -2.32. The van der Waals surface area contributed by atoms with E-state index in [0.29, 0.717) is 13.1 Å². The minimum absolute atomic E-state index is 0.0264. The molecule has 2 amide bonds. The van der Waals surface area contributed by atoms with E-state index >= 15 is 0 Å². The van der Waals surface area contributed by atoms with Crippen molar-refractivity contribution in [3.05, 3.63) is 35.4 Å². The monoisotopic (exact) mass is 614 g/mol. The minimum atomic E-state index is -0.388. The van der Waals surface area contributed by atoms with E-state index in [-0.39, 0.29) is 58.4 Å². The normalized spacial score (nSPS) is 36.5. The molecule has 0 radical (unpaired) electrons. The van der Waals surface area contributed by atoms with E-state index in [9.17, 15) is 9.59 Å². The number of benzene rings is 1. The Kier molecular flexibility index (Phi) is 11.5. The molecule has 0 bridgehead atoms. The number of nitrogens with zero attached hydrogens (tertiary/aromatic N) is 2. The van der Waals surface area contributed by atoms with Crippen molar-refractivity contribution < 1.29 is 19.1 Å². The lowest BCUT2D eigenvalue weighted by Crippen LogP contribution is -2.66. The number of hydrogen-bond donors (Lipinski definition) is 2. The zero-order valence-corrected chi connectivity index (χ0v) is 29.8. The van der Waals surface area contributed by atoms with Crippen molar-refractivity contribution in [3.8, 4) is 0 Å². The topological polar surface area (TPSA) is 83.1 Å². The average molecular weight is 615 g/mol. The maximum absolute atomic E-state index is 13.0. The SMILES string of the molecule is CCC1(C)CC(OC(=O)NCc2cccc(CNC(=O)OC3CC(C)(CC)N(C)C(C)(CC)C3C)c2)C(C)C(C)(CC)N1C. The van der Waals surface area contributed by atoms with Crippen LogP contribution in [0.3, 0.4) is 0 Å². The molecule has 2 saturated heterocycles. The van der Waals surface area contributed by atoms with E-state index in [2.05, 4.69) is 104 Å². The summed E-state index contributed by atoms with van der Waals surface area (Å²) in [4.78, 5) is 30.9. The molecule has 1 aromatic carbocycles. The van der Waals surface area contributed by atoms with Gasteiger partial charge in [-0.15, -0.1) is 0 Å². The first-order valence-corrected chi connectivity index (χ1v) is 17.0. The fourth-order valence-electron chi connectivity index (χ4n) is 7.86. The van der Waals surface area contributed by atoms with Crippen molar-refractivity contribution in [3.63, 3.8) is 0 Å². The largest absolute Gasteiger partial charge is 0.446 e. The highest BCUT2D eigenvalue weighted by Gasteiger charge is 2.53. The summed E-state index contributed by atoms with van der Waals surface area (Å²) in [5, 5.41) is 5.92. The lowest BCUT2D eigenvalue weighted by atomic mass is 9.68. The molecule has 8 nitrogen and oxygen atoms in total. The van der Waals surface area contributed by atoms with Gasteiger partial charge in [0.05, 0.1) is 0 Å². The van der Waals surface area contributed by atoms with Gasteiger partial charge in [-0.1, -0.05) is 65.8 Å². The third-order valence-corrected chi connectivity index (χ3v) is 12.8. The third kappa shape index (κ3) is 7.06. The molecule has 0 aliphatic carbocycles. The molecule has 2 aliphatic rings. The van der Waals surface area contributed by atoms with Gasteiger partial charge < -0.3 is 20.1 Å². The van der Waals surface area contributed by atoms with Crippen molar-refractivity contribution in [2.45, 2.75) is 155 Å². The van der Waals surface area contributed by atoms with Crippen LogP contribution < -0.4 is 10.6 Å². The predicted octanol–water partition coefficient (Wildman–Crippen LogP) is 7.49. The van der Waals surface area contributed by atoms with E-state index in [1.54, 1.807) is 0 Å². The first-order chi connectivity index (χ1) is 20.5. The Balaban J connectivity index is 1.56. The second kappa shape index (κ2) is 14.0. The van der Waals surface area contributed by atoms with Crippen LogP contribution in [-0.4, -0.2) is 70.4 Å². The summed E-state index contributed by atoms with van der Waals surface area (Å²) in [5.74, 6) is 0.418. The van der Waals surface area contributed by atoms with E-state index in [0.717, 1.165) is 49.7 Å². The molecule has 8 atom stereocenters. The van der Waals surface area contributed by atoms with Gasteiger partial charge in [0.1, 0.15) is 12.2 Å². The number of rotatable bonds is 10. The summed E-state index contributed by atoms with van der Waals surface area (Å²) in [6.07, 6.45) is 4.51. The van der Waals surface area contributed by atoms with Crippen LogP contribution in [0.4, 0.5) is 9.59 Å². The van der Waals surface area contributed by atoms with Crippen LogP contribution in [0.25, 0.3) is 0 Å². The first kappa shape index (κ1) is 36.2. The summed E-state index contributed by atoms with van der Waals surface area (Å²) in [7, 11) is 4.42. The molecular weight excluding hydrogens is 552 g/mol. The molecule has 2 N–H and O–H groups in total. The lowest BCUT2D eigenvalue weighted by molar-refractivity contribution is -0.124. The number of ether oxygens (including phenoxy) is 2. The van der Waals surface area contributed by atoms with Crippen LogP contribution in [0.5, 0.6) is 0 Å². The van der Waals surface area contributed by atoms with Gasteiger partial charge in [-0.2, -0.15) is 0 Å². The molecule has 0 spiro atoms. The van der Waals surface area contributed by atoms with Crippen LogP contribution in [0.2, 0.25) is 0 Å². The van der Waals surface area contributed by atoms with Crippen LogP contribution in [0.15, 0.2) is 24.3 Å². The van der Waals surface area contributed by atoms with E-state index in [1.165, 1.54) is 0 Å². The van der Waals surface area contributed by atoms with Gasteiger partial charge >= 0.3 is 12.2 Å². The maximum Gasteiger partial charge on any atom is 0.407 e. The highest BCUT2D eigenvalue weighted by molar-refractivity contribution is 5.68. The highest BCUT2D eigenvalue weighted by atomic mass is 16.6. The van der Waals surface area contributed by atoms with Gasteiger partial charge in [-0.3, -0.25) is 9.80 Å². The summed E-state index contributed by atoms with van der Waals surface area (Å²) in [6.45, 7) is 23.1. The van der Waals surface area contributed by atoms with E-state index in [1.807, 2.05) is 24.3 Å². The number of amides is 2. The maximum atomic E-state index is 13.0. The number of nitrogens with one attached hydrogen (secondary N) is 2. The molecule has 0 saturated carbocycles. The third-order valence-electron chi connectivity index (χ3n) is 12.8. The fourth-order valence-corrected chi connectivity index (χ4v) is 7.86. The number of carbonyl (C=O) groups is 2. The zero-order chi connectivity index (χ0) is 33.1. The van der Waals surface area contributed by atoms with Crippen molar-refractivity contribution in [1.29, 1.82) is 0 Å². The zero-order valence-electron chi connectivity index (χ0n) is 29.8. The Morgan fingerprint density at radius 3 is 1.41 bits per heavy atom. The number of hydrogen-bond acceptors (Lipinski definition) is 6. The van der Waals surface area contributed by atoms with Crippen LogP contribution in [0, 0.1) is 11.8 Å². The molecule has 1 aromatic rings. The minimum Gasteiger partial charge on any atom is -0.446 e. The van der Waals surface area contributed by atoms with Gasteiger partial charge in [0, 0.05) is 59.9 Å². The van der Waals surface area contributed by atoms with Crippen LogP contribution in [-0.2, 0) is 22.6 Å². The van der Waals surface area contributed by atoms with Crippen molar-refractivity contribution in [1.82, 2.24) is 20.4 Å². The Morgan fingerprint density at radius 1 is 0.727 bits per heavy atom. The summed E-state index contributed by atoms with van der Waals surface area (Å²) < 4.78 is 12.1. The van der Waals surface area contributed by atoms with Crippen LogP contribution >= 0.6 is 0 Å². The quantitative estimate of drug-likeness (QED) is 0.284. The number of carbonyl (C=O) groups excluding carboxylic acids is 2. The van der Waals surface area contributed by atoms with E-state index < -0.39 is 0 Å². The number of alkyl carbamates (subject to hydrolysis) is 2. The van der Waals surface area contributed by atoms with Crippen molar-refractivity contribution in [2.75, 3.05) is 14.1 Å². The predicted molar refractivity (Wildman–Crippen MR) is 179 cm³/mol. The molecule has 2 fully saturated rings. The highest BCUT2D eigenvalue weighted by Crippen LogP contribution is 2.46. The molecular formula is C36H62N4O4. The number of likely N-dealkylation sites (tertiary alicyclic amines) is 2. The van der Waals surface area contributed by atoms with Gasteiger partial charge in [0.15, 0.2) is 0 Å². The van der Waals surface area contributed by atoms with Crippen LogP contribution in [0.1, 0.15) is 119 Å². The van der Waals surface area contributed by atoms with Crippen molar-refractivity contribution in [2.24, 2.45) is 11.8 Å². The lowest BCUT2D eigenvalue weighted by Gasteiger charge is -2.59. The van der Waals surface area contributed by atoms with Gasteiger partial charge in [-0.25, -0.2) is 9.59 Å². The summed E-state index contributed by atoms with van der Waals surface area (Å²) >= 11 is 0. The molecule has 0 aromatic heterocycles. The molecule has 2 aliphatic heterocycles. The molecule has 2 heterocycles. The standard InChI is InChI=1S/C36H62N4O4/c1-13-33(7)21-29(25(5)35(9,15-3)39(33)11)43-31(41)37-23-27-18-17-19-28(20-27)24-38-32(42)44-30-22-34(8,14-2)40(12)36(10,16-4)26(30)6/h17-20,25-26,29-30H,13-16,21-24H2,1-12H3,(H,37,41)(H,38,42). The summed E-state index contributed by atoms with van der Waals surface area (Å²) in [6, 6.07) is 7.89.